The molecule has 0 aliphatic carbocycles. The van der Waals surface area contributed by atoms with Crippen molar-refractivity contribution < 1.29 is 4.79 Å². The van der Waals surface area contributed by atoms with Gasteiger partial charge in [0.1, 0.15) is 0 Å². The number of halogens is 2. The van der Waals surface area contributed by atoms with Crippen LogP contribution in [0.5, 0.6) is 0 Å². The number of ketones is 1. The minimum atomic E-state index is -0.435. The number of hydrogen-bond donors (Lipinski definition) is 0. The summed E-state index contributed by atoms with van der Waals surface area (Å²) in [6.45, 7) is 3.61. The Morgan fingerprint density at radius 2 is 2.14 bits per heavy atom. The van der Waals surface area contributed by atoms with E-state index in [0.717, 1.165) is 11.1 Å². The molecule has 76 valence electrons. The lowest BCUT2D eigenvalue weighted by molar-refractivity contribution is -0.117. The summed E-state index contributed by atoms with van der Waals surface area (Å²) >= 11 is 11.6. The van der Waals surface area contributed by atoms with Gasteiger partial charge in [0.15, 0.2) is 5.78 Å². The van der Waals surface area contributed by atoms with Crippen LogP contribution in [0, 0.1) is 6.92 Å². The lowest BCUT2D eigenvalue weighted by Gasteiger charge is -2.04. The molecule has 0 spiro atoms. The molecule has 0 saturated carbocycles. The van der Waals surface area contributed by atoms with Crippen molar-refractivity contribution in [3.63, 3.8) is 0 Å². The van der Waals surface area contributed by atoms with Crippen LogP contribution in [0.3, 0.4) is 0 Å². The second-order valence-corrected chi connectivity index (χ2v) is 4.40. The summed E-state index contributed by atoms with van der Waals surface area (Å²) in [4.78, 5) is 11.3. The third kappa shape index (κ3) is 3.00. The van der Waals surface area contributed by atoms with E-state index in [2.05, 4.69) is 0 Å². The molecule has 0 aliphatic rings. The number of alkyl halides is 1. The number of benzene rings is 1. The molecule has 0 saturated heterocycles. The van der Waals surface area contributed by atoms with Crippen LogP contribution >= 0.6 is 23.2 Å². The first-order valence-electron chi connectivity index (χ1n) is 4.42. The van der Waals surface area contributed by atoms with Gasteiger partial charge in [-0.3, -0.25) is 4.79 Å². The molecule has 1 atom stereocenters. The molecule has 0 N–H and O–H groups in total. The summed E-state index contributed by atoms with van der Waals surface area (Å²) in [5.41, 5.74) is 1.93. The van der Waals surface area contributed by atoms with Gasteiger partial charge in [-0.1, -0.05) is 23.7 Å². The highest BCUT2D eigenvalue weighted by Crippen LogP contribution is 2.17. The summed E-state index contributed by atoms with van der Waals surface area (Å²) in [5.74, 6) is 0.0200. The fourth-order valence-electron chi connectivity index (χ4n) is 1.09. The molecule has 1 unspecified atom stereocenters. The summed E-state index contributed by atoms with van der Waals surface area (Å²) in [7, 11) is 0. The number of carbonyl (C=O) groups is 1. The summed E-state index contributed by atoms with van der Waals surface area (Å²) < 4.78 is 0. The van der Waals surface area contributed by atoms with Crippen molar-refractivity contribution in [1.82, 2.24) is 0 Å². The lowest BCUT2D eigenvalue weighted by atomic mass is 10.1. The van der Waals surface area contributed by atoms with E-state index in [-0.39, 0.29) is 5.78 Å². The molecule has 0 aromatic heterocycles. The number of aryl methyl sites for hydroxylation is 1. The largest absolute Gasteiger partial charge is 0.298 e. The molecule has 1 aromatic carbocycles. The molecule has 3 heteroatoms. The van der Waals surface area contributed by atoms with Crippen LogP contribution < -0.4 is 0 Å². The predicted molar refractivity (Wildman–Crippen MR) is 60.2 cm³/mol. The second kappa shape index (κ2) is 4.81. The highest BCUT2D eigenvalue weighted by atomic mass is 35.5. The lowest BCUT2D eigenvalue weighted by Crippen LogP contribution is -2.12. The zero-order chi connectivity index (χ0) is 10.7. The van der Waals surface area contributed by atoms with Crippen LogP contribution in [0.1, 0.15) is 18.1 Å². The van der Waals surface area contributed by atoms with Gasteiger partial charge < -0.3 is 0 Å². The molecular formula is C11H12Cl2O. The SMILES string of the molecule is Cc1ccc(CC(=O)C(C)Cl)cc1Cl. The Labute approximate surface area is 94.0 Å². The monoisotopic (exact) mass is 230 g/mol. The Kier molecular flexibility index (Phi) is 3.97. The molecule has 14 heavy (non-hydrogen) atoms. The molecule has 0 fully saturated rings. The summed E-state index contributed by atoms with van der Waals surface area (Å²) in [6, 6.07) is 5.62. The van der Waals surface area contributed by atoms with Gasteiger partial charge >= 0.3 is 0 Å². The van der Waals surface area contributed by atoms with Gasteiger partial charge in [0.2, 0.25) is 0 Å². The second-order valence-electron chi connectivity index (χ2n) is 3.34. The van der Waals surface area contributed by atoms with Crippen molar-refractivity contribution in [3.05, 3.63) is 34.3 Å². The van der Waals surface area contributed by atoms with E-state index in [0.29, 0.717) is 11.4 Å². The van der Waals surface area contributed by atoms with Crippen LogP contribution in [0.2, 0.25) is 5.02 Å². The van der Waals surface area contributed by atoms with Crippen LogP contribution in [-0.2, 0) is 11.2 Å². The van der Waals surface area contributed by atoms with Crippen LogP contribution in [-0.4, -0.2) is 11.2 Å². The van der Waals surface area contributed by atoms with Gasteiger partial charge in [-0.15, -0.1) is 11.6 Å². The summed E-state index contributed by atoms with van der Waals surface area (Å²) in [6.07, 6.45) is 0.352. The maximum atomic E-state index is 11.3. The van der Waals surface area contributed by atoms with E-state index < -0.39 is 5.38 Å². The van der Waals surface area contributed by atoms with Crippen molar-refractivity contribution >= 4 is 29.0 Å². The third-order valence-corrected chi connectivity index (χ3v) is 2.71. The summed E-state index contributed by atoms with van der Waals surface area (Å²) in [5, 5.41) is 0.257. The molecule has 0 amide bonds. The van der Waals surface area contributed by atoms with Crippen LogP contribution in [0.4, 0.5) is 0 Å². The first kappa shape index (κ1) is 11.5. The fraction of sp³-hybridized carbons (Fsp3) is 0.364. The standard InChI is InChI=1S/C11H12Cl2O/c1-7-3-4-9(5-10(7)13)6-11(14)8(2)12/h3-5,8H,6H2,1-2H3. The minimum absolute atomic E-state index is 0.0200. The molecule has 1 nitrogen and oxygen atoms in total. The minimum Gasteiger partial charge on any atom is -0.298 e. The van der Waals surface area contributed by atoms with Gasteiger partial charge in [0, 0.05) is 11.4 Å². The van der Waals surface area contributed by atoms with Gasteiger partial charge in [0.25, 0.3) is 0 Å². The molecule has 1 rings (SSSR count). The molecular weight excluding hydrogens is 219 g/mol. The van der Waals surface area contributed by atoms with Crippen LogP contribution in [0.15, 0.2) is 18.2 Å². The van der Waals surface area contributed by atoms with E-state index in [4.69, 9.17) is 23.2 Å². The number of carbonyl (C=O) groups excluding carboxylic acids is 1. The normalized spacial score (nSPS) is 12.6. The Morgan fingerprint density at radius 3 is 2.64 bits per heavy atom. The average molecular weight is 231 g/mol. The number of Topliss-reactive ketones (excluding diaryl/α,β-unsaturated/α-hetero) is 1. The molecule has 0 heterocycles. The predicted octanol–water partition coefficient (Wildman–Crippen LogP) is 3.39. The smallest absolute Gasteiger partial charge is 0.154 e. The Morgan fingerprint density at radius 1 is 1.50 bits per heavy atom. The molecule has 1 aromatic rings. The maximum Gasteiger partial charge on any atom is 0.154 e. The van der Waals surface area contributed by atoms with Gasteiger partial charge in [-0.05, 0) is 31.0 Å². The molecule has 0 bridgehead atoms. The highest BCUT2D eigenvalue weighted by Gasteiger charge is 2.10. The van der Waals surface area contributed by atoms with Crippen molar-refractivity contribution in [2.24, 2.45) is 0 Å². The van der Waals surface area contributed by atoms with Crippen molar-refractivity contribution in [1.29, 1.82) is 0 Å². The van der Waals surface area contributed by atoms with Gasteiger partial charge in [-0.25, -0.2) is 0 Å². The van der Waals surface area contributed by atoms with Crippen LogP contribution in [0.25, 0.3) is 0 Å². The van der Waals surface area contributed by atoms with E-state index in [1.807, 2.05) is 25.1 Å². The van der Waals surface area contributed by atoms with E-state index in [1.54, 1.807) is 6.92 Å². The van der Waals surface area contributed by atoms with Gasteiger partial charge in [-0.2, -0.15) is 0 Å². The Balaban J connectivity index is 2.78. The maximum absolute atomic E-state index is 11.3. The molecule has 0 radical (unpaired) electrons. The average Bonchev–Trinajstić information content (AvgIpc) is 2.11. The Hall–Kier alpha value is -0.530. The highest BCUT2D eigenvalue weighted by molar-refractivity contribution is 6.32. The van der Waals surface area contributed by atoms with E-state index >= 15 is 0 Å². The third-order valence-electron chi connectivity index (χ3n) is 2.06. The first-order valence-corrected chi connectivity index (χ1v) is 5.24. The zero-order valence-electron chi connectivity index (χ0n) is 8.18. The van der Waals surface area contributed by atoms with Crippen molar-refractivity contribution in [2.45, 2.75) is 25.6 Å². The number of hydrogen-bond acceptors (Lipinski definition) is 1. The topological polar surface area (TPSA) is 17.1 Å². The molecule has 0 aliphatic heterocycles. The zero-order valence-corrected chi connectivity index (χ0v) is 9.69. The number of rotatable bonds is 3. The quantitative estimate of drug-likeness (QED) is 0.728. The first-order chi connectivity index (χ1) is 6.50. The van der Waals surface area contributed by atoms with E-state index in [9.17, 15) is 4.79 Å². The van der Waals surface area contributed by atoms with Crippen molar-refractivity contribution in [2.75, 3.05) is 0 Å². The van der Waals surface area contributed by atoms with E-state index in [1.165, 1.54) is 0 Å². The van der Waals surface area contributed by atoms with Crippen molar-refractivity contribution in [3.8, 4) is 0 Å². The Bertz CT molecular complexity index is 345. The van der Waals surface area contributed by atoms with Gasteiger partial charge in [0.05, 0.1) is 5.38 Å². The fourth-order valence-corrected chi connectivity index (χ4v) is 1.37.